The highest BCUT2D eigenvalue weighted by Gasteiger charge is 2.13. The number of nitrogens with one attached hydrogen (secondary N) is 2. The first-order valence-electron chi connectivity index (χ1n) is 7.69. The zero-order valence-electron chi connectivity index (χ0n) is 14.6. The molecule has 5 nitrogen and oxygen atoms in total. The van der Waals surface area contributed by atoms with Gasteiger partial charge >= 0.3 is 0 Å². The van der Waals surface area contributed by atoms with E-state index < -0.39 is 0 Å². The van der Waals surface area contributed by atoms with Gasteiger partial charge < -0.3 is 15.5 Å². The van der Waals surface area contributed by atoms with Gasteiger partial charge in [0, 0.05) is 43.6 Å². The maximum absolute atomic E-state index is 12.2. The third-order valence-corrected chi connectivity index (χ3v) is 3.91. The van der Waals surface area contributed by atoms with E-state index in [2.05, 4.69) is 52.3 Å². The summed E-state index contributed by atoms with van der Waals surface area (Å²) < 4.78 is 1.02. The number of amides is 1. The van der Waals surface area contributed by atoms with Crippen LogP contribution in [0.3, 0.4) is 0 Å². The fraction of sp³-hybridized carbons (Fsp3) is 0.529. The molecule has 1 aromatic rings. The Bertz CT molecular complexity index is 552. The van der Waals surface area contributed by atoms with Crippen LogP contribution in [0.25, 0.3) is 0 Å². The van der Waals surface area contributed by atoms with Gasteiger partial charge in [0.1, 0.15) is 0 Å². The molecule has 128 valence electrons. The molecular weight excluding hydrogens is 356 g/mol. The fourth-order valence-corrected chi connectivity index (χ4v) is 2.39. The second-order valence-corrected chi connectivity index (χ2v) is 7.32. The molecule has 0 bridgehead atoms. The summed E-state index contributed by atoms with van der Waals surface area (Å²) in [4.78, 5) is 18.1. The number of guanidine groups is 1. The molecule has 23 heavy (non-hydrogen) atoms. The number of carbonyl (C=O) groups is 1. The number of carbonyl (C=O) groups excluding carboxylic acids is 1. The number of nitrogens with zero attached hydrogens (tertiary/aromatic N) is 2. The quantitative estimate of drug-likeness (QED) is 0.607. The Kier molecular flexibility index (Phi) is 7.55. The molecule has 0 aromatic heterocycles. The van der Waals surface area contributed by atoms with Gasteiger partial charge in [-0.2, -0.15) is 0 Å². The van der Waals surface area contributed by atoms with Crippen molar-refractivity contribution in [3.05, 3.63) is 34.3 Å². The Morgan fingerprint density at radius 3 is 2.52 bits per heavy atom. The van der Waals surface area contributed by atoms with Crippen molar-refractivity contribution in [3.8, 4) is 0 Å². The zero-order chi connectivity index (χ0) is 17.5. The molecule has 0 radical (unpaired) electrons. The third-order valence-electron chi connectivity index (χ3n) is 3.14. The van der Waals surface area contributed by atoms with E-state index in [1.807, 2.05) is 31.3 Å². The van der Waals surface area contributed by atoms with Crippen molar-refractivity contribution < 1.29 is 4.79 Å². The smallest absolute Gasteiger partial charge is 0.224 e. The zero-order valence-corrected chi connectivity index (χ0v) is 16.2. The number of benzene rings is 1. The molecule has 1 aromatic carbocycles. The fourth-order valence-electron chi connectivity index (χ4n) is 1.98. The molecule has 0 heterocycles. The lowest BCUT2D eigenvalue weighted by Gasteiger charge is -2.24. The minimum Gasteiger partial charge on any atom is -0.356 e. The largest absolute Gasteiger partial charge is 0.356 e. The van der Waals surface area contributed by atoms with Crippen LogP contribution in [0.15, 0.2) is 33.7 Å². The number of hydrogen-bond acceptors (Lipinski definition) is 2. The van der Waals surface area contributed by atoms with Crippen molar-refractivity contribution in [2.45, 2.75) is 39.3 Å². The lowest BCUT2D eigenvalue weighted by atomic mass is 10.1. The predicted octanol–water partition coefficient (Wildman–Crippen LogP) is 2.76. The van der Waals surface area contributed by atoms with E-state index in [9.17, 15) is 4.79 Å². The van der Waals surface area contributed by atoms with E-state index in [1.54, 1.807) is 11.9 Å². The second kappa shape index (κ2) is 8.91. The molecule has 0 saturated carbocycles. The van der Waals surface area contributed by atoms with Gasteiger partial charge in [0.2, 0.25) is 5.91 Å². The van der Waals surface area contributed by atoms with E-state index in [4.69, 9.17) is 0 Å². The first kappa shape index (κ1) is 19.5. The van der Waals surface area contributed by atoms with Crippen LogP contribution in [-0.2, 0) is 11.3 Å². The maximum atomic E-state index is 12.2. The van der Waals surface area contributed by atoms with Crippen molar-refractivity contribution >= 4 is 27.8 Å². The Hall–Kier alpha value is -1.56. The van der Waals surface area contributed by atoms with Crippen LogP contribution in [-0.4, -0.2) is 42.9 Å². The van der Waals surface area contributed by atoms with E-state index in [-0.39, 0.29) is 11.4 Å². The monoisotopic (exact) mass is 382 g/mol. The summed E-state index contributed by atoms with van der Waals surface area (Å²) in [6.45, 7) is 7.34. The highest BCUT2D eigenvalue weighted by molar-refractivity contribution is 9.10. The van der Waals surface area contributed by atoms with Gasteiger partial charge in [-0.05, 0) is 32.4 Å². The normalized spacial score (nSPS) is 12.0. The molecule has 0 fully saturated rings. The first-order valence-corrected chi connectivity index (χ1v) is 8.48. The van der Waals surface area contributed by atoms with Gasteiger partial charge in [-0.3, -0.25) is 9.79 Å². The Morgan fingerprint density at radius 2 is 1.96 bits per heavy atom. The molecule has 0 unspecified atom stereocenters. The molecule has 6 heteroatoms. The lowest BCUT2D eigenvalue weighted by molar-refractivity contribution is -0.130. The average molecular weight is 383 g/mol. The molecule has 2 N–H and O–H groups in total. The summed E-state index contributed by atoms with van der Waals surface area (Å²) in [6, 6.07) is 7.94. The molecule has 0 aliphatic rings. The van der Waals surface area contributed by atoms with Crippen LogP contribution in [0, 0.1) is 0 Å². The molecule has 1 amide bonds. The van der Waals surface area contributed by atoms with E-state index >= 15 is 0 Å². The van der Waals surface area contributed by atoms with E-state index in [0.29, 0.717) is 25.5 Å². The van der Waals surface area contributed by atoms with Crippen molar-refractivity contribution in [2.24, 2.45) is 4.99 Å². The van der Waals surface area contributed by atoms with Gasteiger partial charge in [-0.15, -0.1) is 0 Å². The van der Waals surface area contributed by atoms with Crippen LogP contribution >= 0.6 is 15.9 Å². The summed E-state index contributed by atoms with van der Waals surface area (Å²) in [5.74, 6) is 0.804. The van der Waals surface area contributed by atoms with Gasteiger partial charge in [-0.25, -0.2) is 0 Å². The second-order valence-electron chi connectivity index (χ2n) is 6.47. The van der Waals surface area contributed by atoms with Gasteiger partial charge in [0.15, 0.2) is 5.96 Å². The summed E-state index contributed by atoms with van der Waals surface area (Å²) in [5, 5.41) is 6.43. The first-order chi connectivity index (χ1) is 10.7. The van der Waals surface area contributed by atoms with Crippen LogP contribution < -0.4 is 10.6 Å². The Morgan fingerprint density at radius 1 is 1.30 bits per heavy atom. The molecule has 0 spiro atoms. The molecule has 0 atom stereocenters. The molecule has 0 saturated heterocycles. The topological polar surface area (TPSA) is 56.7 Å². The van der Waals surface area contributed by atoms with Crippen molar-refractivity contribution in [3.63, 3.8) is 0 Å². The van der Waals surface area contributed by atoms with Gasteiger partial charge in [-0.1, -0.05) is 34.1 Å². The number of halogens is 1. The van der Waals surface area contributed by atoms with Crippen molar-refractivity contribution in [1.82, 2.24) is 15.5 Å². The highest BCUT2D eigenvalue weighted by Crippen LogP contribution is 2.17. The average Bonchev–Trinajstić information content (AvgIpc) is 2.47. The number of aliphatic imine (C=N–C) groups is 1. The molecular formula is C17H27BrN4O. The van der Waals surface area contributed by atoms with Gasteiger partial charge in [0.25, 0.3) is 0 Å². The number of rotatable bonds is 5. The van der Waals surface area contributed by atoms with Crippen LogP contribution in [0.4, 0.5) is 0 Å². The molecule has 0 aliphatic heterocycles. The van der Waals surface area contributed by atoms with Crippen LogP contribution in [0.2, 0.25) is 0 Å². The Balaban J connectivity index is 2.43. The Labute approximate surface area is 147 Å². The van der Waals surface area contributed by atoms with Gasteiger partial charge in [0.05, 0.1) is 0 Å². The van der Waals surface area contributed by atoms with E-state index in [0.717, 1.165) is 10.0 Å². The summed E-state index contributed by atoms with van der Waals surface area (Å²) in [7, 11) is 3.55. The number of hydrogen-bond donors (Lipinski definition) is 2. The SMILES string of the molecule is CN=C(NCCC(=O)N(C)Cc1ccccc1Br)NC(C)(C)C. The summed E-state index contributed by atoms with van der Waals surface area (Å²) in [6.07, 6.45) is 0.422. The maximum Gasteiger partial charge on any atom is 0.224 e. The predicted molar refractivity (Wildman–Crippen MR) is 99.5 cm³/mol. The standard InChI is InChI=1S/C17H27BrN4O/c1-17(2,3)21-16(19-4)20-11-10-15(23)22(5)12-13-8-6-7-9-14(13)18/h6-9H,10-12H2,1-5H3,(H2,19,20,21). The summed E-state index contributed by atoms with van der Waals surface area (Å²) >= 11 is 3.51. The van der Waals surface area contributed by atoms with E-state index in [1.165, 1.54) is 0 Å². The van der Waals surface area contributed by atoms with Crippen LogP contribution in [0.1, 0.15) is 32.8 Å². The molecule has 0 aliphatic carbocycles. The van der Waals surface area contributed by atoms with Crippen LogP contribution in [0.5, 0.6) is 0 Å². The summed E-state index contributed by atoms with van der Waals surface area (Å²) in [5.41, 5.74) is 1.03. The minimum atomic E-state index is -0.0672. The van der Waals surface area contributed by atoms with Crippen molar-refractivity contribution in [1.29, 1.82) is 0 Å². The molecule has 1 rings (SSSR count). The third kappa shape index (κ3) is 7.50. The minimum absolute atomic E-state index is 0.0672. The lowest BCUT2D eigenvalue weighted by Crippen LogP contribution is -2.48. The van der Waals surface area contributed by atoms with Crippen molar-refractivity contribution in [2.75, 3.05) is 20.6 Å². The highest BCUT2D eigenvalue weighted by atomic mass is 79.9.